The maximum Gasteiger partial charge on any atom is 0.333 e. The number of nitrogens with zero attached hydrogens (tertiary/aromatic N) is 3. The molecule has 3 rings (SSSR count). The quantitative estimate of drug-likeness (QED) is 0.855. The molecule has 0 atom stereocenters. The van der Waals surface area contributed by atoms with Gasteiger partial charge in [-0.25, -0.2) is 4.68 Å². The Labute approximate surface area is 150 Å². The van der Waals surface area contributed by atoms with Crippen molar-refractivity contribution >= 4 is 5.91 Å². The van der Waals surface area contributed by atoms with E-state index in [9.17, 15) is 13.6 Å². The van der Waals surface area contributed by atoms with Crippen LogP contribution in [0.3, 0.4) is 0 Å². The molecule has 2 heterocycles. The molecule has 0 unspecified atom stereocenters. The van der Waals surface area contributed by atoms with Crippen LogP contribution in [0.5, 0.6) is 0 Å². The first kappa shape index (κ1) is 18.5. The normalized spacial score (nSPS) is 15.4. The van der Waals surface area contributed by atoms with Crippen LogP contribution in [-0.2, 0) is 4.74 Å². The van der Waals surface area contributed by atoms with Gasteiger partial charge in [0.05, 0.1) is 18.9 Å². The minimum absolute atomic E-state index is 0.148. The molecule has 0 radical (unpaired) electrons. The third-order valence-corrected chi connectivity index (χ3v) is 4.39. The Balaban J connectivity index is 1.57. The SMILES string of the molecule is Cc1nn(C(F)F)cc1-c1ccc(C(=O)NCCN2CCOCC2)cc1. The second-order valence-corrected chi connectivity index (χ2v) is 6.17. The number of carbonyl (C=O) groups is 1. The van der Waals surface area contributed by atoms with E-state index in [2.05, 4.69) is 15.3 Å². The molecule has 1 aromatic carbocycles. The molecule has 1 aliphatic rings. The van der Waals surface area contributed by atoms with Crippen molar-refractivity contribution < 1.29 is 18.3 Å². The van der Waals surface area contributed by atoms with Gasteiger partial charge in [-0.05, 0) is 24.6 Å². The molecule has 1 fully saturated rings. The van der Waals surface area contributed by atoms with Crippen molar-refractivity contribution in [3.8, 4) is 11.1 Å². The third kappa shape index (κ3) is 4.44. The average molecular weight is 364 g/mol. The highest BCUT2D eigenvalue weighted by atomic mass is 19.3. The molecular weight excluding hydrogens is 342 g/mol. The predicted octanol–water partition coefficient (Wildman–Crippen LogP) is 2.32. The number of aromatic nitrogens is 2. The molecule has 140 valence electrons. The summed E-state index contributed by atoms with van der Waals surface area (Å²) in [5.74, 6) is -0.148. The predicted molar refractivity (Wildman–Crippen MR) is 93.2 cm³/mol. The number of ether oxygens (including phenoxy) is 1. The summed E-state index contributed by atoms with van der Waals surface area (Å²) >= 11 is 0. The van der Waals surface area contributed by atoms with Gasteiger partial charge < -0.3 is 10.1 Å². The molecule has 8 heteroatoms. The number of rotatable bonds is 6. The zero-order chi connectivity index (χ0) is 18.5. The molecular formula is C18H22F2N4O2. The Hall–Kier alpha value is -2.32. The number of hydrogen-bond acceptors (Lipinski definition) is 4. The monoisotopic (exact) mass is 364 g/mol. The number of amides is 1. The lowest BCUT2D eigenvalue weighted by molar-refractivity contribution is 0.0383. The summed E-state index contributed by atoms with van der Waals surface area (Å²) in [6.45, 7) is 3.61. The molecule has 1 aromatic heterocycles. The summed E-state index contributed by atoms with van der Waals surface area (Å²) in [6, 6.07) is 6.88. The van der Waals surface area contributed by atoms with Crippen molar-refractivity contribution in [2.24, 2.45) is 0 Å². The van der Waals surface area contributed by atoms with Crippen molar-refractivity contribution in [3.05, 3.63) is 41.7 Å². The summed E-state index contributed by atoms with van der Waals surface area (Å²) in [4.78, 5) is 14.5. The minimum Gasteiger partial charge on any atom is -0.379 e. The topological polar surface area (TPSA) is 59.4 Å². The summed E-state index contributed by atoms with van der Waals surface area (Å²) in [5, 5.41) is 6.70. The molecule has 0 aliphatic carbocycles. The van der Waals surface area contributed by atoms with Gasteiger partial charge in [0, 0.05) is 43.5 Å². The number of nitrogens with one attached hydrogen (secondary N) is 1. The van der Waals surface area contributed by atoms with Crippen molar-refractivity contribution in [1.82, 2.24) is 20.0 Å². The molecule has 1 N–H and O–H groups in total. The number of alkyl halides is 2. The highest BCUT2D eigenvalue weighted by Gasteiger charge is 2.14. The number of benzene rings is 1. The lowest BCUT2D eigenvalue weighted by Gasteiger charge is -2.26. The highest BCUT2D eigenvalue weighted by molar-refractivity contribution is 5.94. The maximum atomic E-state index is 12.7. The molecule has 6 nitrogen and oxygen atoms in total. The van der Waals surface area contributed by atoms with E-state index < -0.39 is 6.55 Å². The molecule has 26 heavy (non-hydrogen) atoms. The minimum atomic E-state index is -2.67. The van der Waals surface area contributed by atoms with Gasteiger partial charge >= 0.3 is 6.55 Å². The van der Waals surface area contributed by atoms with Crippen LogP contribution < -0.4 is 5.32 Å². The molecule has 1 saturated heterocycles. The fourth-order valence-electron chi connectivity index (χ4n) is 2.92. The summed E-state index contributed by atoms with van der Waals surface area (Å²) < 4.78 is 31.4. The Morgan fingerprint density at radius 1 is 1.27 bits per heavy atom. The number of carbonyl (C=O) groups excluding carboxylic acids is 1. The molecule has 1 aliphatic heterocycles. The van der Waals surface area contributed by atoms with Crippen LogP contribution in [0.4, 0.5) is 8.78 Å². The van der Waals surface area contributed by atoms with Gasteiger partial charge in [0.25, 0.3) is 5.91 Å². The summed E-state index contributed by atoms with van der Waals surface area (Å²) in [7, 11) is 0. The number of aryl methyl sites for hydroxylation is 1. The molecule has 0 bridgehead atoms. The first-order valence-corrected chi connectivity index (χ1v) is 8.57. The average Bonchev–Trinajstić information content (AvgIpc) is 3.05. The molecule has 0 saturated carbocycles. The van der Waals surface area contributed by atoms with Crippen LogP contribution in [0.1, 0.15) is 22.6 Å². The van der Waals surface area contributed by atoms with Gasteiger partial charge in [0.1, 0.15) is 0 Å². The molecule has 1 amide bonds. The van der Waals surface area contributed by atoms with Crippen molar-refractivity contribution in [3.63, 3.8) is 0 Å². The largest absolute Gasteiger partial charge is 0.379 e. The Morgan fingerprint density at radius 3 is 2.58 bits per heavy atom. The summed E-state index contributed by atoms with van der Waals surface area (Å²) in [5.41, 5.74) is 2.44. The van der Waals surface area contributed by atoms with Crippen molar-refractivity contribution in [2.75, 3.05) is 39.4 Å². The Kier molecular flexibility index (Phi) is 5.95. The second-order valence-electron chi connectivity index (χ2n) is 6.17. The van der Waals surface area contributed by atoms with E-state index >= 15 is 0 Å². The van der Waals surface area contributed by atoms with Crippen LogP contribution in [-0.4, -0.2) is 60.0 Å². The van der Waals surface area contributed by atoms with Gasteiger partial charge in [-0.1, -0.05) is 12.1 Å². The molecule has 2 aromatic rings. The van der Waals surface area contributed by atoms with E-state index in [-0.39, 0.29) is 5.91 Å². The fourth-order valence-corrected chi connectivity index (χ4v) is 2.92. The van der Waals surface area contributed by atoms with Crippen LogP contribution >= 0.6 is 0 Å². The van der Waals surface area contributed by atoms with Gasteiger partial charge in [-0.2, -0.15) is 13.9 Å². The first-order chi connectivity index (χ1) is 12.5. The van der Waals surface area contributed by atoms with Gasteiger partial charge in [0.15, 0.2) is 0 Å². The zero-order valence-corrected chi connectivity index (χ0v) is 14.6. The fraction of sp³-hybridized carbons (Fsp3) is 0.444. The highest BCUT2D eigenvalue weighted by Crippen LogP contribution is 2.25. The van der Waals surface area contributed by atoms with E-state index in [1.165, 1.54) is 6.20 Å². The maximum absolute atomic E-state index is 12.7. The van der Waals surface area contributed by atoms with Gasteiger partial charge in [-0.15, -0.1) is 0 Å². The molecule has 0 spiro atoms. The van der Waals surface area contributed by atoms with E-state index in [4.69, 9.17) is 4.74 Å². The third-order valence-electron chi connectivity index (χ3n) is 4.39. The smallest absolute Gasteiger partial charge is 0.333 e. The van der Waals surface area contributed by atoms with Crippen LogP contribution in [0, 0.1) is 6.92 Å². The Bertz CT molecular complexity index is 740. The standard InChI is InChI=1S/C18H22F2N4O2/c1-13-16(12-24(22-13)18(19)20)14-2-4-15(5-3-14)17(25)21-6-7-23-8-10-26-11-9-23/h2-5,12,18H,6-11H2,1H3,(H,21,25). The van der Waals surface area contributed by atoms with Crippen LogP contribution in [0.25, 0.3) is 11.1 Å². The number of morpholine rings is 1. The van der Waals surface area contributed by atoms with Gasteiger partial charge in [0.2, 0.25) is 0 Å². The van der Waals surface area contributed by atoms with Crippen LogP contribution in [0.2, 0.25) is 0 Å². The van der Waals surface area contributed by atoms with E-state index in [1.807, 2.05) is 0 Å². The van der Waals surface area contributed by atoms with Gasteiger partial charge in [-0.3, -0.25) is 9.69 Å². The summed E-state index contributed by atoms with van der Waals surface area (Å²) in [6.07, 6.45) is 1.32. The number of halogens is 2. The van der Waals surface area contributed by atoms with E-state index in [0.29, 0.717) is 28.0 Å². The van der Waals surface area contributed by atoms with E-state index in [1.54, 1.807) is 31.2 Å². The first-order valence-electron chi connectivity index (χ1n) is 8.57. The number of hydrogen-bond donors (Lipinski definition) is 1. The lowest BCUT2D eigenvalue weighted by Crippen LogP contribution is -2.41. The van der Waals surface area contributed by atoms with Crippen molar-refractivity contribution in [2.45, 2.75) is 13.5 Å². The Morgan fingerprint density at radius 2 is 1.96 bits per heavy atom. The van der Waals surface area contributed by atoms with Crippen molar-refractivity contribution in [1.29, 1.82) is 0 Å². The zero-order valence-electron chi connectivity index (χ0n) is 14.6. The second kappa shape index (κ2) is 8.37. The van der Waals surface area contributed by atoms with Crippen LogP contribution in [0.15, 0.2) is 30.5 Å². The lowest BCUT2D eigenvalue weighted by atomic mass is 10.0. The van der Waals surface area contributed by atoms with E-state index in [0.717, 1.165) is 38.4 Å².